The number of amides is 3. The van der Waals surface area contributed by atoms with E-state index < -0.39 is 49.3 Å². The molecule has 11 heteroatoms. The van der Waals surface area contributed by atoms with E-state index in [0.717, 1.165) is 32.1 Å². The van der Waals surface area contributed by atoms with Gasteiger partial charge in [0, 0.05) is 0 Å². The molecular weight excluding hydrogens is 483 g/mol. The molecule has 0 aromatic rings. The topological polar surface area (TPSA) is 171 Å². The van der Waals surface area contributed by atoms with Crippen LogP contribution in [-0.2, 0) is 19.2 Å². The Bertz CT molecular complexity index is 753. The number of rotatable bonds is 14. The van der Waals surface area contributed by atoms with Crippen LogP contribution in [0.2, 0.25) is 0 Å². The van der Waals surface area contributed by atoms with Gasteiger partial charge in [0.1, 0.15) is 18.2 Å². The molecule has 0 saturated heterocycles. The molecule has 1 aliphatic carbocycles. The molecule has 10 nitrogen and oxygen atoms in total. The molecular formula is C25H48N4O6P+. The number of Topliss-reactive ketones (excluding diaryl/α,β-unsaturated/α-hetero) is 1. The minimum Gasteiger partial charge on any atom is -0.347 e. The second-order valence-electron chi connectivity index (χ2n) is 11.2. The second kappa shape index (κ2) is 15.0. The number of hydrogen-bond acceptors (Lipinski definition) is 7. The van der Waals surface area contributed by atoms with Crippen molar-refractivity contribution in [3.63, 3.8) is 0 Å². The fourth-order valence-electron chi connectivity index (χ4n) is 4.35. The van der Waals surface area contributed by atoms with E-state index in [-0.39, 0.29) is 42.5 Å². The van der Waals surface area contributed by atoms with Crippen LogP contribution < -0.4 is 21.7 Å². The largest absolute Gasteiger partial charge is 0.347 e. The van der Waals surface area contributed by atoms with E-state index in [2.05, 4.69) is 16.0 Å². The van der Waals surface area contributed by atoms with Gasteiger partial charge in [-0.05, 0) is 36.5 Å². The first kappa shape index (κ1) is 32.4. The fraction of sp³-hybridized carbons (Fsp3) is 0.840. The van der Waals surface area contributed by atoms with Crippen molar-refractivity contribution in [2.24, 2.45) is 29.4 Å². The third kappa shape index (κ3) is 11.2. The van der Waals surface area contributed by atoms with Crippen LogP contribution in [0.3, 0.4) is 0 Å². The summed E-state index contributed by atoms with van der Waals surface area (Å²) in [5, 5.41) is 7.89. The van der Waals surface area contributed by atoms with Crippen molar-refractivity contribution >= 4 is 31.2 Å². The van der Waals surface area contributed by atoms with Gasteiger partial charge in [0.25, 0.3) is 7.72 Å². The Morgan fingerprint density at radius 1 is 0.806 bits per heavy atom. The average Bonchev–Trinajstić information content (AvgIpc) is 2.77. The third-order valence-electron chi connectivity index (χ3n) is 6.68. The maximum absolute atomic E-state index is 13.0. The molecule has 0 bridgehead atoms. The lowest BCUT2D eigenvalue weighted by Crippen LogP contribution is -2.59. The summed E-state index contributed by atoms with van der Waals surface area (Å²) >= 11 is 0. The van der Waals surface area contributed by atoms with Gasteiger partial charge in [0.05, 0.1) is 12.6 Å². The summed E-state index contributed by atoms with van der Waals surface area (Å²) in [5.74, 6) is -2.38. The molecule has 0 unspecified atom stereocenters. The van der Waals surface area contributed by atoms with Crippen LogP contribution in [0.25, 0.3) is 0 Å². The van der Waals surface area contributed by atoms with Gasteiger partial charge >= 0.3 is 0 Å². The highest BCUT2D eigenvalue weighted by Gasteiger charge is 2.39. The molecule has 208 valence electrons. The minimum atomic E-state index is -3.37. The quantitative estimate of drug-likeness (QED) is 0.184. The first-order chi connectivity index (χ1) is 16.6. The summed E-state index contributed by atoms with van der Waals surface area (Å²) in [6, 6.07) is -2.58. The predicted molar refractivity (Wildman–Crippen MR) is 142 cm³/mol. The number of carbonyl (C=O) groups is 4. The van der Waals surface area contributed by atoms with Gasteiger partial charge in [-0.25, -0.2) is 9.79 Å². The van der Waals surface area contributed by atoms with Crippen LogP contribution in [0.15, 0.2) is 0 Å². The normalized spacial score (nSPS) is 17.6. The Hall–Kier alpha value is -1.61. The molecule has 1 rings (SSSR count). The first-order valence-corrected chi connectivity index (χ1v) is 15.2. The number of hydrogen-bond donors (Lipinski definition) is 6. The van der Waals surface area contributed by atoms with Crippen LogP contribution in [0.5, 0.6) is 0 Å². The van der Waals surface area contributed by atoms with Crippen molar-refractivity contribution in [1.82, 2.24) is 16.0 Å². The summed E-state index contributed by atoms with van der Waals surface area (Å²) in [7, 11) is -3.37. The summed E-state index contributed by atoms with van der Waals surface area (Å²) in [6.45, 7) is 10.3. The minimum absolute atomic E-state index is 0.103. The summed E-state index contributed by atoms with van der Waals surface area (Å²) in [5.41, 5.74) is 5.90. The summed E-state index contributed by atoms with van der Waals surface area (Å²) < 4.78 is 0. The van der Waals surface area contributed by atoms with E-state index in [1.807, 2.05) is 13.8 Å². The molecule has 7 N–H and O–H groups in total. The van der Waals surface area contributed by atoms with Gasteiger partial charge in [-0.3, -0.25) is 19.2 Å². The molecule has 0 aromatic heterocycles. The number of ketones is 1. The van der Waals surface area contributed by atoms with Gasteiger partial charge < -0.3 is 21.7 Å². The smallest absolute Gasteiger partial charge is 0.275 e. The predicted octanol–water partition coefficient (Wildman–Crippen LogP) is 1.35. The lowest BCUT2D eigenvalue weighted by Gasteiger charge is -2.28. The fourth-order valence-corrected chi connectivity index (χ4v) is 6.34. The van der Waals surface area contributed by atoms with Crippen molar-refractivity contribution in [1.29, 1.82) is 0 Å². The molecule has 0 spiro atoms. The standard InChI is InChI=1S/C25H47N4O6P/c1-15(2)20(26)23(31)28-22(17(5)6)25(33)29-21(16(3)4)24(32)27-12-19(30)14-36(34,35)13-18-10-8-7-9-11-18/h15-18,20-22,34-35H,7-14,26H2,1-6H3,(H2-,27,28,29,31,32,33)/p+1/t20-,21-,22-/m0/s1. The number of nitrogens with one attached hydrogen (secondary N) is 3. The zero-order valence-corrected chi connectivity index (χ0v) is 23.6. The van der Waals surface area contributed by atoms with Crippen molar-refractivity contribution in [3.8, 4) is 0 Å². The van der Waals surface area contributed by atoms with E-state index >= 15 is 0 Å². The molecule has 0 aliphatic heterocycles. The van der Waals surface area contributed by atoms with Gasteiger partial charge in [-0.1, -0.05) is 60.8 Å². The number of carbonyl (C=O) groups excluding carboxylic acids is 4. The molecule has 1 aliphatic rings. The van der Waals surface area contributed by atoms with E-state index in [1.54, 1.807) is 27.7 Å². The Morgan fingerprint density at radius 3 is 1.81 bits per heavy atom. The Kier molecular flexibility index (Phi) is 13.5. The van der Waals surface area contributed by atoms with E-state index in [9.17, 15) is 29.0 Å². The van der Waals surface area contributed by atoms with Gasteiger partial charge in [0.15, 0.2) is 11.9 Å². The van der Waals surface area contributed by atoms with Crippen molar-refractivity contribution < 1.29 is 29.0 Å². The molecule has 0 aromatic carbocycles. The third-order valence-corrected chi connectivity index (χ3v) is 8.64. The van der Waals surface area contributed by atoms with Crippen molar-refractivity contribution in [2.45, 2.75) is 91.8 Å². The SMILES string of the molecule is CC(C)[C@H](N)C(=O)N[C@H](C(=O)N[C@H](C(=O)NCC(=O)C[P+](O)(O)CC1CCCCC1)C(C)C)C(C)C. The zero-order valence-electron chi connectivity index (χ0n) is 22.8. The zero-order chi connectivity index (χ0) is 27.6. The Labute approximate surface area is 216 Å². The van der Waals surface area contributed by atoms with E-state index in [0.29, 0.717) is 0 Å². The van der Waals surface area contributed by atoms with Crippen LogP contribution in [0, 0.1) is 23.7 Å². The molecule has 0 heterocycles. The lowest BCUT2D eigenvalue weighted by molar-refractivity contribution is -0.134. The van der Waals surface area contributed by atoms with Crippen LogP contribution in [-0.4, -0.2) is 70.3 Å². The van der Waals surface area contributed by atoms with Crippen molar-refractivity contribution in [2.75, 3.05) is 18.9 Å². The number of nitrogens with two attached hydrogens (primary N) is 1. The van der Waals surface area contributed by atoms with Crippen LogP contribution in [0.1, 0.15) is 73.6 Å². The lowest BCUT2D eigenvalue weighted by atomic mass is 9.91. The maximum atomic E-state index is 13.0. The highest BCUT2D eigenvalue weighted by molar-refractivity contribution is 7.65. The molecule has 0 radical (unpaired) electrons. The summed E-state index contributed by atoms with van der Waals surface area (Å²) in [4.78, 5) is 71.4. The van der Waals surface area contributed by atoms with Crippen LogP contribution in [0.4, 0.5) is 0 Å². The summed E-state index contributed by atoms with van der Waals surface area (Å²) in [6.07, 6.45) is 5.09. The first-order valence-electron chi connectivity index (χ1n) is 13.1. The Morgan fingerprint density at radius 2 is 1.31 bits per heavy atom. The van der Waals surface area contributed by atoms with Gasteiger partial charge in [-0.15, -0.1) is 0 Å². The van der Waals surface area contributed by atoms with Crippen LogP contribution >= 0.6 is 7.72 Å². The monoisotopic (exact) mass is 531 g/mol. The molecule has 3 atom stereocenters. The van der Waals surface area contributed by atoms with E-state index in [1.165, 1.54) is 0 Å². The average molecular weight is 532 g/mol. The molecule has 1 saturated carbocycles. The van der Waals surface area contributed by atoms with Gasteiger partial charge in [-0.2, -0.15) is 0 Å². The van der Waals surface area contributed by atoms with E-state index in [4.69, 9.17) is 5.73 Å². The maximum Gasteiger partial charge on any atom is 0.275 e. The molecule has 1 fully saturated rings. The van der Waals surface area contributed by atoms with Crippen molar-refractivity contribution in [3.05, 3.63) is 0 Å². The molecule has 3 amide bonds. The van der Waals surface area contributed by atoms with Gasteiger partial charge in [0.2, 0.25) is 17.7 Å². The Balaban J connectivity index is 2.69. The highest BCUT2D eigenvalue weighted by atomic mass is 31.2. The molecule has 36 heavy (non-hydrogen) atoms. The second-order valence-corrected chi connectivity index (χ2v) is 13.6. The highest BCUT2D eigenvalue weighted by Crippen LogP contribution is 2.52.